The first-order valence-corrected chi connectivity index (χ1v) is 6.37. The molecule has 0 saturated carbocycles. The van der Waals surface area contributed by atoms with Crippen molar-refractivity contribution in [2.75, 3.05) is 27.6 Å². The molecule has 5 heteroatoms. The second kappa shape index (κ2) is 9.95. The van der Waals surface area contributed by atoms with Crippen molar-refractivity contribution in [3.8, 4) is 0 Å². The average Bonchev–Trinajstić information content (AvgIpc) is 2.37. The van der Waals surface area contributed by atoms with Gasteiger partial charge in [-0.2, -0.15) is 0 Å². The van der Waals surface area contributed by atoms with Crippen molar-refractivity contribution in [2.24, 2.45) is 11.8 Å². The van der Waals surface area contributed by atoms with Crippen molar-refractivity contribution in [3.63, 3.8) is 0 Å². The lowest BCUT2D eigenvalue weighted by Crippen LogP contribution is -2.39. The van der Waals surface area contributed by atoms with Crippen molar-refractivity contribution in [3.05, 3.63) is 12.7 Å². The molecule has 0 aromatic carbocycles. The molecule has 4 atom stereocenters. The first kappa shape index (κ1) is 18.1. The number of carbonyl (C=O) groups excluding carboxylic acids is 1. The summed E-state index contributed by atoms with van der Waals surface area (Å²) in [5.41, 5.74) is 0. The highest BCUT2D eigenvalue weighted by molar-refractivity contribution is 5.66. The van der Waals surface area contributed by atoms with Crippen LogP contribution in [0.3, 0.4) is 0 Å². The van der Waals surface area contributed by atoms with Gasteiger partial charge >= 0.3 is 5.97 Å². The predicted molar refractivity (Wildman–Crippen MR) is 72.7 cm³/mol. The summed E-state index contributed by atoms with van der Waals surface area (Å²) < 4.78 is 20.9. The number of methoxy groups -OCH3 is 2. The summed E-state index contributed by atoms with van der Waals surface area (Å²) >= 11 is 0. The number of hydrogen-bond acceptors (Lipinski definition) is 5. The van der Waals surface area contributed by atoms with E-state index >= 15 is 0 Å². The van der Waals surface area contributed by atoms with Crippen LogP contribution in [0.2, 0.25) is 0 Å². The molecule has 0 spiro atoms. The molecular formula is C14H26O5. The van der Waals surface area contributed by atoms with Crippen LogP contribution in [-0.4, -0.2) is 45.8 Å². The molecular weight excluding hydrogens is 248 g/mol. The lowest BCUT2D eigenvalue weighted by atomic mass is 9.89. The van der Waals surface area contributed by atoms with E-state index in [9.17, 15) is 4.79 Å². The van der Waals surface area contributed by atoms with Gasteiger partial charge in [-0.25, -0.2) is 0 Å². The summed E-state index contributed by atoms with van der Waals surface area (Å²) in [5, 5.41) is 0. The van der Waals surface area contributed by atoms with Crippen LogP contribution in [0.4, 0.5) is 0 Å². The Bertz CT molecular complexity index is 267. The van der Waals surface area contributed by atoms with Gasteiger partial charge in [0.2, 0.25) is 0 Å². The van der Waals surface area contributed by atoms with Gasteiger partial charge < -0.3 is 18.9 Å². The highest BCUT2D eigenvalue weighted by atomic mass is 16.7. The lowest BCUT2D eigenvalue weighted by Gasteiger charge is -2.32. The molecule has 0 aliphatic carbocycles. The maximum absolute atomic E-state index is 11.2. The summed E-state index contributed by atoms with van der Waals surface area (Å²) in [4.78, 5) is 11.2. The van der Waals surface area contributed by atoms with Gasteiger partial charge in [0.1, 0.15) is 12.9 Å². The lowest BCUT2D eigenvalue weighted by molar-refractivity contribution is -0.157. The third-order valence-corrected chi connectivity index (χ3v) is 2.99. The Labute approximate surface area is 115 Å². The van der Waals surface area contributed by atoms with E-state index in [0.29, 0.717) is 6.61 Å². The summed E-state index contributed by atoms with van der Waals surface area (Å²) in [7, 11) is 3.18. The smallest absolute Gasteiger partial charge is 0.302 e. The molecule has 0 aromatic heterocycles. The number of rotatable bonds is 10. The van der Waals surface area contributed by atoms with Crippen LogP contribution in [0.15, 0.2) is 12.7 Å². The predicted octanol–water partition coefficient (Wildman–Crippen LogP) is 2.01. The van der Waals surface area contributed by atoms with E-state index < -0.39 is 0 Å². The van der Waals surface area contributed by atoms with Crippen molar-refractivity contribution in [1.82, 2.24) is 0 Å². The third kappa shape index (κ3) is 6.71. The Kier molecular flexibility index (Phi) is 9.47. The number of ether oxygens (including phenoxy) is 4. The van der Waals surface area contributed by atoms with Crippen LogP contribution >= 0.6 is 0 Å². The summed E-state index contributed by atoms with van der Waals surface area (Å²) in [6, 6.07) is 0. The number of esters is 1. The van der Waals surface area contributed by atoms with Crippen molar-refractivity contribution in [2.45, 2.75) is 33.0 Å². The molecule has 5 nitrogen and oxygen atoms in total. The van der Waals surface area contributed by atoms with E-state index in [-0.39, 0.29) is 36.8 Å². The van der Waals surface area contributed by atoms with Crippen LogP contribution < -0.4 is 0 Å². The van der Waals surface area contributed by atoms with Crippen LogP contribution in [0, 0.1) is 11.8 Å². The summed E-state index contributed by atoms with van der Waals surface area (Å²) in [6.45, 7) is 9.74. The monoisotopic (exact) mass is 274 g/mol. The molecule has 19 heavy (non-hydrogen) atoms. The minimum Gasteiger partial charge on any atom is -0.462 e. The zero-order valence-corrected chi connectivity index (χ0v) is 12.5. The Morgan fingerprint density at radius 3 is 2.37 bits per heavy atom. The Hall–Kier alpha value is -0.910. The molecule has 0 radical (unpaired) electrons. The molecule has 0 saturated heterocycles. The Morgan fingerprint density at radius 1 is 1.32 bits per heavy atom. The van der Waals surface area contributed by atoms with Crippen molar-refractivity contribution < 1.29 is 23.7 Å². The highest BCUT2D eigenvalue weighted by Crippen LogP contribution is 2.23. The van der Waals surface area contributed by atoms with Crippen LogP contribution in [0.25, 0.3) is 0 Å². The van der Waals surface area contributed by atoms with Crippen LogP contribution in [0.1, 0.15) is 20.8 Å². The first-order chi connectivity index (χ1) is 8.97. The summed E-state index contributed by atoms with van der Waals surface area (Å²) in [5.74, 6) is -0.284. The van der Waals surface area contributed by atoms with Gasteiger partial charge in [-0.15, -0.1) is 6.58 Å². The van der Waals surface area contributed by atoms with E-state index in [0.717, 1.165) is 0 Å². The molecule has 0 amide bonds. The zero-order valence-electron chi connectivity index (χ0n) is 12.5. The van der Waals surface area contributed by atoms with Gasteiger partial charge in [0.05, 0.1) is 12.7 Å². The number of carbonyl (C=O) groups is 1. The number of hydrogen-bond donors (Lipinski definition) is 0. The van der Waals surface area contributed by atoms with Crippen molar-refractivity contribution >= 4 is 5.97 Å². The fourth-order valence-corrected chi connectivity index (χ4v) is 2.06. The SMILES string of the molecule is C=C[C@H](OC)[C@@H](C)[C@@H](OC(C)=O)[C@@H](C)COCOC. The minimum atomic E-state index is -0.311. The van der Waals surface area contributed by atoms with Crippen LogP contribution in [-0.2, 0) is 23.7 Å². The molecule has 0 N–H and O–H groups in total. The molecule has 0 aliphatic rings. The Morgan fingerprint density at radius 2 is 1.95 bits per heavy atom. The molecule has 0 bridgehead atoms. The highest BCUT2D eigenvalue weighted by Gasteiger charge is 2.31. The first-order valence-electron chi connectivity index (χ1n) is 6.37. The second-order valence-electron chi connectivity index (χ2n) is 4.62. The normalized spacial score (nSPS) is 17.3. The van der Waals surface area contributed by atoms with Crippen LogP contribution in [0.5, 0.6) is 0 Å². The molecule has 0 heterocycles. The van der Waals surface area contributed by atoms with Gasteiger partial charge in [-0.05, 0) is 0 Å². The zero-order chi connectivity index (χ0) is 14.8. The van der Waals surface area contributed by atoms with Gasteiger partial charge in [0.25, 0.3) is 0 Å². The third-order valence-electron chi connectivity index (χ3n) is 2.99. The minimum absolute atomic E-state index is 0.00690. The van der Waals surface area contributed by atoms with Crippen molar-refractivity contribution in [1.29, 1.82) is 0 Å². The largest absolute Gasteiger partial charge is 0.462 e. The summed E-state index contributed by atoms with van der Waals surface area (Å²) in [6.07, 6.45) is 1.25. The maximum atomic E-state index is 11.2. The molecule has 0 unspecified atom stereocenters. The molecule has 0 rings (SSSR count). The van der Waals surface area contributed by atoms with Gasteiger partial charge in [-0.1, -0.05) is 19.9 Å². The molecule has 0 aromatic rings. The standard InChI is InChI=1S/C14H26O5/c1-7-13(17-6)11(3)14(19-12(4)15)10(2)8-18-9-16-5/h7,10-11,13-14H,1,8-9H2,2-6H3/t10-,11+,13-,14-/m0/s1. The van der Waals surface area contributed by atoms with E-state index in [4.69, 9.17) is 18.9 Å². The Balaban J connectivity index is 4.67. The van der Waals surface area contributed by atoms with E-state index in [1.54, 1.807) is 20.3 Å². The molecule has 0 fully saturated rings. The molecule has 0 aliphatic heterocycles. The fraction of sp³-hybridized carbons (Fsp3) is 0.786. The van der Waals surface area contributed by atoms with Gasteiger partial charge in [0.15, 0.2) is 0 Å². The maximum Gasteiger partial charge on any atom is 0.302 e. The van der Waals surface area contributed by atoms with Gasteiger partial charge in [0, 0.05) is 33.0 Å². The molecule has 112 valence electrons. The second-order valence-corrected chi connectivity index (χ2v) is 4.62. The van der Waals surface area contributed by atoms with E-state index in [1.807, 2.05) is 13.8 Å². The fourth-order valence-electron chi connectivity index (χ4n) is 2.06. The average molecular weight is 274 g/mol. The quantitative estimate of drug-likeness (QED) is 0.264. The topological polar surface area (TPSA) is 54.0 Å². The van der Waals surface area contributed by atoms with E-state index in [2.05, 4.69) is 6.58 Å². The van der Waals surface area contributed by atoms with E-state index in [1.165, 1.54) is 6.92 Å². The van der Waals surface area contributed by atoms with Gasteiger partial charge in [-0.3, -0.25) is 4.79 Å².